The van der Waals surface area contributed by atoms with Crippen molar-refractivity contribution in [3.05, 3.63) is 77.6 Å². The summed E-state index contributed by atoms with van der Waals surface area (Å²) in [6, 6.07) is 10.1. The number of carbonyl (C=O) groups excluding carboxylic acids is 1. The van der Waals surface area contributed by atoms with Crippen LogP contribution in [0.5, 0.6) is 0 Å². The first-order valence-corrected chi connectivity index (χ1v) is 9.89. The van der Waals surface area contributed by atoms with Gasteiger partial charge in [-0.15, -0.1) is 0 Å². The van der Waals surface area contributed by atoms with Crippen LogP contribution in [0.15, 0.2) is 59.8 Å². The smallest absolute Gasteiger partial charge is 0.258 e. The Labute approximate surface area is 162 Å². The number of hydrogen-bond acceptors (Lipinski definition) is 4. The van der Waals surface area contributed by atoms with Gasteiger partial charge < -0.3 is 9.88 Å². The minimum Gasteiger partial charge on any atom is -0.331 e. The molecule has 0 aliphatic rings. The molecule has 146 valence electrons. The van der Waals surface area contributed by atoms with Crippen LogP contribution in [0.1, 0.15) is 21.7 Å². The zero-order valence-electron chi connectivity index (χ0n) is 15.3. The summed E-state index contributed by atoms with van der Waals surface area (Å²) in [4.78, 5) is 16.4. The monoisotopic (exact) mass is 402 g/mol. The molecule has 0 saturated carbocycles. The highest BCUT2D eigenvalue weighted by Gasteiger charge is 2.18. The van der Waals surface area contributed by atoms with Crippen molar-refractivity contribution in [1.29, 1.82) is 0 Å². The normalized spacial score (nSPS) is 11.4. The van der Waals surface area contributed by atoms with Crippen molar-refractivity contribution in [1.82, 2.24) is 14.3 Å². The third kappa shape index (κ3) is 4.26. The van der Waals surface area contributed by atoms with Crippen LogP contribution in [-0.4, -0.2) is 30.9 Å². The van der Waals surface area contributed by atoms with Gasteiger partial charge in [0.15, 0.2) is 0 Å². The summed E-state index contributed by atoms with van der Waals surface area (Å²) < 4.78 is 41.9. The molecule has 0 radical (unpaired) electrons. The first-order valence-electron chi connectivity index (χ1n) is 8.41. The van der Waals surface area contributed by atoms with Crippen LogP contribution in [0.25, 0.3) is 0 Å². The number of anilines is 1. The van der Waals surface area contributed by atoms with Gasteiger partial charge in [-0.3, -0.25) is 4.79 Å². The number of aryl methyl sites for hydroxylation is 1. The molecular weight excluding hydrogens is 383 g/mol. The molecule has 0 fully saturated rings. The van der Waals surface area contributed by atoms with E-state index < -0.39 is 21.7 Å². The topological polar surface area (TPSA) is 93.1 Å². The number of carbonyl (C=O) groups is 1. The zero-order valence-corrected chi connectivity index (χ0v) is 16.1. The maximum Gasteiger partial charge on any atom is 0.258 e. The highest BCUT2D eigenvalue weighted by molar-refractivity contribution is 7.89. The van der Waals surface area contributed by atoms with E-state index in [1.165, 1.54) is 7.05 Å². The molecule has 28 heavy (non-hydrogen) atoms. The third-order valence-corrected chi connectivity index (χ3v) is 5.66. The van der Waals surface area contributed by atoms with Crippen LogP contribution in [0.3, 0.4) is 0 Å². The van der Waals surface area contributed by atoms with Gasteiger partial charge in [0.2, 0.25) is 10.0 Å². The summed E-state index contributed by atoms with van der Waals surface area (Å²) in [5, 5.41) is 2.58. The number of hydrogen-bond donors (Lipinski definition) is 2. The lowest BCUT2D eigenvalue weighted by molar-refractivity contribution is 0.102. The van der Waals surface area contributed by atoms with Gasteiger partial charge in [0.25, 0.3) is 5.91 Å². The fourth-order valence-corrected chi connectivity index (χ4v) is 3.38. The van der Waals surface area contributed by atoms with Crippen LogP contribution in [-0.2, 0) is 16.6 Å². The molecule has 0 aliphatic carbocycles. The Bertz CT molecular complexity index is 1110. The second-order valence-electron chi connectivity index (χ2n) is 6.10. The maximum absolute atomic E-state index is 14.0. The van der Waals surface area contributed by atoms with Crippen molar-refractivity contribution in [2.45, 2.75) is 18.4 Å². The van der Waals surface area contributed by atoms with E-state index in [9.17, 15) is 17.6 Å². The Kier molecular flexibility index (Phi) is 5.57. The SMILES string of the molecule is CNS(=O)(=O)c1ccc(F)c(C(=O)Nc2ccc(Cn3ccnc3C)cc2)c1. The molecule has 0 spiro atoms. The molecule has 1 heterocycles. The summed E-state index contributed by atoms with van der Waals surface area (Å²) in [6.07, 6.45) is 3.60. The summed E-state index contributed by atoms with van der Waals surface area (Å²) in [7, 11) is -2.54. The van der Waals surface area contributed by atoms with Gasteiger partial charge in [-0.2, -0.15) is 0 Å². The van der Waals surface area contributed by atoms with Crippen LogP contribution in [0, 0.1) is 12.7 Å². The molecule has 9 heteroatoms. The van der Waals surface area contributed by atoms with Gasteiger partial charge in [0.05, 0.1) is 10.5 Å². The number of rotatable bonds is 6. The van der Waals surface area contributed by atoms with Crippen LogP contribution in [0.2, 0.25) is 0 Å². The molecule has 3 rings (SSSR count). The van der Waals surface area contributed by atoms with E-state index in [0.717, 1.165) is 29.6 Å². The van der Waals surface area contributed by atoms with Crippen molar-refractivity contribution in [3.63, 3.8) is 0 Å². The standard InChI is InChI=1S/C19H19FN4O3S/c1-13-22-9-10-24(13)12-14-3-5-15(6-4-14)23-19(25)17-11-16(7-8-18(17)20)28(26,27)21-2/h3-11,21H,12H2,1-2H3,(H,23,25). The lowest BCUT2D eigenvalue weighted by Gasteiger charge is -2.10. The number of aromatic nitrogens is 2. The number of nitrogens with one attached hydrogen (secondary N) is 2. The van der Waals surface area contributed by atoms with Crippen molar-refractivity contribution < 1.29 is 17.6 Å². The first-order chi connectivity index (χ1) is 13.3. The third-order valence-electron chi connectivity index (χ3n) is 4.25. The van der Waals surface area contributed by atoms with Crippen molar-refractivity contribution in [2.75, 3.05) is 12.4 Å². The van der Waals surface area contributed by atoms with Gasteiger partial charge in [-0.05, 0) is 49.9 Å². The van der Waals surface area contributed by atoms with E-state index in [0.29, 0.717) is 12.2 Å². The lowest BCUT2D eigenvalue weighted by Crippen LogP contribution is -2.20. The van der Waals surface area contributed by atoms with Crippen molar-refractivity contribution in [3.8, 4) is 0 Å². The molecule has 1 aromatic heterocycles. The molecule has 0 unspecified atom stereocenters. The number of imidazole rings is 1. The highest BCUT2D eigenvalue weighted by atomic mass is 32.2. The number of halogens is 1. The minimum absolute atomic E-state index is 0.187. The molecular formula is C19H19FN4O3S. The van der Waals surface area contributed by atoms with Crippen LogP contribution < -0.4 is 10.0 Å². The largest absolute Gasteiger partial charge is 0.331 e. The van der Waals surface area contributed by atoms with Gasteiger partial charge in [-0.25, -0.2) is 22.5 Å². The van der Waals surface area contributed by atoms with E-state index in [1.54, 1.807) is 18.3 Å². The van der Waals surface area contributed by atoms with Crippen LogP contribution in [0.4, 0.5) is 10.1 Å². The fourth-order valence-electron chi connectivity index (χ4n) is 2.62. The molecule has 0 bridgehead atoms. The molecule has 0 aliphatic heterocycles. The van der Waals surface area contributed by atoms with E-state index in [2.05, 4.69) is 15.0 Å². The molecule has 2 N–H and O–H groups in total. The summed E-state index contributed by atoms with van der Waals surface area (Å²) in [6.45, 7) is 2.55. The van der Waals surface area contributed by atoms with Crippen molar-refractivity contribution in [2.24, 2.45) is 0 Å². The Morgan fingerprint density at radius 1 is 1.18 bits per heavy atom. The predicted octanol–water partition coefficient (Wildman–Crippen LogP) is 2.54. The fraction of sp³-hybridized carbons (Fsp3) is 0.158. The van der Waals surface area contributed by atoms with E-state index in [1.807, 2.05) is 29.8 Å². The molecule has 1 amide bonds. The maximum atomic E-state index is 14.0. The highest BCUT2D eigenvalue weighted by Crippen LogP contribution is 2.18. The predicted molar refractivity (Wildman–Crippen MR) is 103 cm³/mol. The van der Waals surface area contributed by atoms with Gasteiger partial charge in [0, 0.05) is 24.6 Å². The van der Waals surface area contributed by atoms with E-state index >= 15 is 0 Å². The lowest BCUT2D eigenvalue weighted by atomic mass is 10.1. The summed E-state index contributed by atoms with van der Waals surface area (Å²) in [5.41, 5.74) is 1.12. The minimum atomic E-state index is -3.78. The average molecular weight is 402 g/mol. The number of benzene rings is 2. The Morgan fingerprint density at radius 3 is 2.50 bits per heavy atom. The van der Waals surface area contributed by atoms with Gasteiger partial charge in [0.1, 0.15) is 11.6 Å². The first kappa shape index (κ1) is 19.7. The zero-order chi connectivity index (χ0) is 20.3. The number of nitrogens with zero attached hydrogens (tertiary/aromatic N) is 2. The number of amides is 1. The Hall–Kier alpha value is -3.04. The summed E-state index contributed by atoms with van der Waals surface area (Å²) in [5.74, 6) is -0.645. The molecule has 2 aromatic carbocycles. The summed E-state index contributed by atoms with van der Waals surface area (Å²) >= 11 is 0. The molecule has 0 saturated heterocycles. The molecule has 3 aromatic rings. The van der Waals surface area contributed by atoms with Crippen LogP contribution >= 0.6 is 0 Å². The molecule has 0 atom stereocenters. The van der Waals surface area contributed by atoms with E-state index in [-0.39, 0.29) is 10.5 Å². The quantitative estimate of drug-likeness (QED) is 0.663. The van der Waals surface area contributed by atoms with E-state index in [4.69, 9.17) is 0 Å². The molecule has 7 nitrogen and oxygen atoms in total. The number of sulfonamides is 1. The average Bonchev–Trinajstić information content (AvgIpc) is 3.08. The van der Waals surface area contributed by atoms with Crippen molar-refractivity contribution >= 4 is 21.6 Å². The van der Waals surface area contributed by atoms with Gasteiger partial charge >= 0.3 is 0 Å². The second-order valence-corrected chi connectivity index (χ2v) is 7.99. The Morgan fingerprint density at radius 2 is 1.89 bits per heavy atom. The Balaban J connectivity index is 1.76. The van der Waals surface area contributed by atoms with Gasteiger partial charge in [-0.1, -0.05) is 12.1 Å². The second kappa shape index (κ2) is 7.91.